The molecule has 2 N–H and O–H groups in total. The molecule has 0 atom stereocenters. The maximum atomic E-state index is 13.0. The number of aryl methyl sites for hydroxylation is 1. The summed E-state index contributed by atoms with van der Waals surface area (Å²) in [4.78, 5) is 6.49. The molecule has 0 bridgehead atoms. The van der Waals surface area contributed by atoms with Crippen molar-refractivity contribution in [1.82, 2.24) is 20.4 Å². The van der Waals surface area contributed by atoms with Gasteiger partial charge in [0.2, 0.25) is 0 Å². The average Bonchev–Trinajstić information content (AvgIpc) is 3.28. The first-order chi connectivity index (χ1) is 12.9. The molecule has 2 aromatic heterocycles. The Hall–Kier alpha value is -1.50. The van der Waals surface area contributed by atoms with Gasteiger partial charge in [0.05, 0.1) is 5.00 Å². The number of nitrogens with zero attached hydrogens (tertiary/aromatic N) is 4. The summed E-state index contributed by atoms with van der Waals surface area (Å²) in [6.07, 6.45) is -1.20. The molecule has 11 heteroatoms. The number of alkyl halides is 3. The minimum atomic E-state index is -4.47. The van der Waals surface area contributed by atoms with Crippen LogP contribution in [-0.2, 0) is 19.8 Å². The number of hydrogen-bond donors (Lipinski definition) is 2. The second-order valence-electron chi connectivity index (χ2n) is 6.46. The van der Waals surface area contributed by atoms with Gasteiger partial charge in [-0.05, 0) is 30.4 Å². The normalized spacial score (nSPS) is 16.0. The lowest BCUT2D eigenvalue weighted by Gasteiger charge is -2.33. The Morgan fingerprint density at radius 2 is 2.07 bits per heavy atom. The molecule has 3 rings (SSSR count). The third-order valence-electron chi connectivity index (χ3n) is 4.50. The molecule has 1 aliphatic heterocycles. The van der Waals surface area contributed by atoms with Crippen molar-refractivity contribution < 1.29 is 13.2 Å². The van der Waals surface area contributed by atoms with Crippen molar-refractivity contribution in [3.05, 3.63) is 35.0 Å². The fourth-order valence-electron chi connectivity index (χ4n) is 3.17. The van der Waals surface area contributed by atoms with Crippen molar-refractivity contribution in [3.63, 3.8) is 0 Å². The molecular formula is C17H24F3IN6S. The van der Waals surface area contributed by atoms with Crippen molar-refractivity contribution in [2.45, 2.75) is 31.6 Å². The van der Waals surface area contributed by atoms with Crippen molar-refractivity contribution in [1.29, 1.82) is 0 Å². The molecule has 0 spiro atoms. The predicted molar refractivity (Wildman–Crippen MR) is 117 cm³/mol. The van der Waals surface area contributed by atoms with Gasteiger partial charge in [0.15, 0.2) is 11.7 Å². The summed E-state index contributed by atoms with van der Waals surface area (Å²) in [6.45, 7) is 1.89. The zero-order valence-electron chi connectivity index (χ0n) is 15.7. The third kappa shape index (κ3) is 5.75. The molecule has 0 radical (unpaired) electrons. The van der Waals surface area contributed by atoms with E-state index in [2.05, 4.69) is 37.1 Å². The van der Waals surface area contributed by atoms with Crippen LogP contribution >= 0.6 is 35.3 Å². The van der Waals surface area contributed by atoms with Crippen LogP contribution in [0.15, 0.2) is 28.7 Å². The van der Waals surface area contributed by atoms with E-state index in [4.69, 9.17) is 0 Å². The lowest BCUT2D eigenvalue weighted by Crippen LogP contribution is -2.48. The molecular weight excluding hydrogens is 504 g/mol. The SMILES string of the molecule is CN=C(NCc1cn(C)nc1C(F)(F)F)NC1CCN(c2cccs2)CC1.I. The van der Waals surface area contributed by atoms with Crippen molar-refractivity contribution in [2.24, 2.45) is 12.0 Å². The second kappa shape index (κ2) is 9.81. The van der Waals surface area contributed by atoms with Crippen molar-refractivity contribution in [3.8, 4) is 0 Å². The minimum absolute atomic E-state index is 0. The van der Waals surface area contributed by atoms with Crippen molar-refractivity contribution >= 4 is 46.3 Å². The monoisotopic (exact) mass is 528 g/mol. The first kappa shape index (κ1) is 22.8. The Morgan fingerprint density at radius 3 is 2.64 bits per heavy atom. The molecule has 156 valence electrons. The fraction of sp³-hybridized carbons (Fsp3) is 0.529. The summed E-state index contributed by atoms with van der Waals surface area (Å²) in [5, 5.41) is 13.1. The number of nitrogens with one attached hydrogen (secondary N) is 2. The van der Waals surface area contributed by atoms with Gasteiger partial charge in [-0.3, -0.25) is 9.67 Å². The number of anilines is 1. The topological polar surface area (TPSA) is 57.5 Å². The number of aromatic nitrogens is 2. The van der Waals surface area contributed by atoms with E-state index in [9.17, 15) is 13.2 Å². The summed E-state index contributed by atoms with van der Waals surface area (Å²) in [5.41, 5.74) is -0.766. The third-order valence-corrected chi connectivity index (χ3v) is 5.43. The van der Waals surface area contributed by atoms with Crippen LogP contribution in [0.5, 0.6) is 0 Å². The molecule has 0 saturated carbocycles. The van der Waals surface area contributed by atoms with Gasteiger partial charge in [-0.15, -0.1) is 35.3 Å². The molecule has 0 aliphatic carbocycles. The summed E-state index contributed by atoms with van der Waals surface area (Å²) in [7, 11) is 3.09. The first-order valence-corrected chi connectivity index (χ1v) is 9.60. The Labute approximate surface area is 183 Å². The van der Waals surface area contributed by atoms with Gasteiger partial charge in [-0.2, -0.15) is 18.3 Å². The molecule has 0 amide bonds. The number of rotatable bonds is 4. The highest BCUT2D eigenvalue weighted by molar-refractivity contribution is 14.0. The lowest BCUT2D eigenvalue weighted by atomic mass is 10.1. The maximum absolute atomic E-state index is 13.0. The van der Waals surface area contributed by atoms with E-state index in [-0.39, 0.29) is 42.1 Å². The number of hydrogen-bond acceptors (Lipinski definition) is 4. The molecule has 2 aromatic rings. The summed E-state index contributed by atoms with van der Waals surface area (Å²) in [6, 6.07) is 4.40. The van der Waals surface area contributed by atoms with Crippen LogP contribution in [0.2, 0.25) is 0 Å². The van der Waals surface area contributed by atoms with Crippen LogP contribution in [0.25, 0.3) is 0 Å². The van der Waals surface area contributed by atoms with E-state index in [1.54, 1.807) is 18.4 Å². The number of guanidine groups is 1. The summed E-state index contributed by atoms with van der Waals surface area (Å²) in [5.74, 6) is 0.501. The highest BCUT2D eigenvalue weighted by Gasteiger charge is 2.36. The Morgan fingerprint density at radius 1 is 1.36 bits per heavy atom. The van der Waals surface area contributed by atoms with Crippen LogP contribution in [0, 0.1) is 0 Å². The van der Waals surface area contributed by atoms with Gasteiger partial charge in [0, 0.05) is 51.5 Å². The predicted octanol–water partition coefficient (Wildman–Crippen LogP) is 3.45. The molecule has 0 aromatic carbocycles. The van der Waals surface area contributed by atoms with E-state index in [0.29, 0.717) is 5.96 Å². The van der Waals surface area contributed by atoms with Gasteiger partial charge in [-0.25, -0.2) is 0 Å². The van der Waals surface area contributed by atoms with Gasteiger partial charge in [0.1, 0.15) is 0 Å². The number of halogens is 4. The van der Waals surface area contributed by atoms with Gasteiger partial charge < -0.3 is 15.5 Å². The number of thiophene rings is 1. The van der Waals surface area contributed by atoms with E-state index >= 15 is 0 Å². The molecule has 1 saturated heterocycles. The van der Waals surface area contributed by atoms with Crippen molar-refractivity contribution in [2.75, 3.05) is 25.0 Å². The number of aliphatic imine (C=N–C) groups is 1. The van der Waals surface area contributed by atoms with Crippen LogP contribution in [-0.4, -0.2) is 41.9 Å². The fourth-order valence-corrected chi connectivity index (χ4v) is 3.95. The standard InChI is InChI=1S/C17H23F3N6S.HI/c1-21-16(22-10-12-11-25(2)24-15(12)17(18,19)20)23-13-5-7-26(8-6-13)14-4-3-9-27-14;/h3-4,9,11,13H,5-8,10H2,1-2H3,(H2,21,22,23);1H. The van der Waals surface area contributed by atoms with Crippen LogP contribution in [0.4, 0.5) is 18.2 Å². The van der Waals surface area contributed by atoms with E-state index < -0.39 is 11.9 Å². The Bertz CT molecular complexity index is 766. The molecule has 3 heterocycles. The highest BCUT2D eigenvalue weighted by atomic mass is 127. The molecule has 28 heavy (non-hydrogen) atoms. The van der Waals surface area contributed by atoms with E-state index in [1.165, 1.54) is 22.9 Å². The molecule has 1 fully saturated rings. The largest absolute Gasteiger partial charge is 0.435 e. The molecule has 1 aliphatic rings. The Kier molecular flexibility index (Phi) is 7.98. The zero-order valence-corrected chi connectivity index (χ0v) is 18.8. The highest BCUT2D eigenvalue weighted by Crippen LogP contribution is 2.30. The molecule has 0 unspecified atom stereocenters. The average molecular weight is 528 g/mol. The lowest BCUT2D eigenvalue weighted by molar-refractivity contribution is -0.142. The van der Waals surface area contributed by atoms with Crippen LogP contribution < -0.4 is 15.5 Å². The minimum Gasteiger partial charge on any atom is -0.363 e. The Balaban J connectivity index is 0.00000280. The van der Waals surface area contributed by atoms with Gasteiger partial charge >= 0.3 is 6.18 Å². The molecule has 6 nitrogen and oxygen atoms in total. The van der Waals surface area contributed by atoms with E-state index in [0.717, 1.165) is 25.9 Å². The van der Waals surface area contributed by atoms with Crippen LogP contribution in [0.3, 0.4) is 0 Å². The quantitative estimate of drug-likeness (QED) is 0.363. The zero-order chi connectivity index (χ0) is 19.4. The maximum Gasteiger partial charge on any atom is 0.435 e. The first-order valence-electron chi connectivity index (χ1n) is 8.72. The smallest absolute Gasteiger partial charge is 0.363 e. The van der Waals surface area contributed by atoms with Gasteiger partial charge in [-0.1, -0.05) is 0 Å². The summed E-state index contributed by atoms with van der Waals surface area (Å²) < 4.78 is 40.3. The van der Waals surface area contributed by atoms with E-state index in [1.807, 2.05) is 6.07 Å². The number of piperidine rings is 1. The van der Waals surface area contributed by atoms with Crippen LogP contribution in [0.1, 0.15) is 24.1 Å². The summed E-state index contributed by atoms with van der Waals surface area (Å²) >= 11 is 1.73. The second-order valence-corrected chi connectivity index (χ2v) is 7.38. The van der Waals surface area contributed by atoms with Gasteiger partial charge in [0.25, 0.3) is 0 Å².